The molecule has 0 fully saturated rings. The molecule has 2 atom stereocenters. The molecule has 0 aliphatic carbocycles. The van der Waals surface area contributed by atoms with Gasteiger partial charge >= 0.3 is 0 Å². The van der Waals surface area contributed by atoms with Crippen molar-refractivity contribution in [2.24, 2.45) is 0 Å². The molecule has 0 aromatic heterocycles. The van der Waals surface area contributed by atoms with Crippen molar-refractivity contribution in [2.75, 3.05) is 25.2 Å². The van der Waals surface area contributed by atoms with Crippen LogP contribution in [0.15, 0.2) is 24.3 Å². The summed E-state index contributed by atoms with van der Waals surface area (Å²) in [6.45, 7) is 1.82. The highest BCUT2D eigenvalue weighted by Crippen LogP contribution is 2.15. The van der Waals surface area contributed by atoms with E-state index >= 15 is 0 Å². The minimum absolute atomic E-state index is 0.00606. The van der Waals surface area contributed by atoms with E-state index in [1.165, 1.54) is 12.1 Å². The molecule has 1 aromatic carbocycles. The number of para-hydroxylation sites is 1. The predicted octanol–water partition coefficient (Wildman–Crippen LogP) is 0.588. The zero-order chi connectivity index (χ0) is 15.2. The molecule has 0 spiro atoms. The number of aliphatic hydroxyl groups excluding tert-OH is 1. The summed E-state index contributed by atoms with van der Waals surface area (Å²) in [4.78, 5) is 0. The quantitative estimate of drug-likeness (QED) is 0.735. The molecular weight excluding hydrogens is 285 g/mol. The van der Waals surface area contributed by atoms with Gasteiger partial charge in [-0.1, -0.05) is 12.1 Å². The zero-order valence-corrected chi connectivity index (χ0v) is 12.4. The van der Waals surface area contributed by atoms with Crippen molar-refractivity contribution < 1.29 is 22.7 Å². The molecule has 0 aliphatic rings. The van der Waals surface area contributed by atoms with Crippen LogP contribution in [-0.2, 0) is 9.84 Å². The maximum absolute atomic E-state index is 13.3. The Labute approximate surface area is 118 Å². The van der Waals surface area contributed by atoms with Crippen molar-refractivity contribution in [3.63, 3.8) is 0 Å². The normalized spacial score (nSPS) is 14.8. The molecule has 0 bridgehead atoms. The van der Waals surface area contributed by atoms with Gasteiger partial charge in [-0.2, -0.15) is 0 Å². The first-order valence-corrected chi connectivity index (χ1v) is 8.30. The third-order valence-corrected chi connectivity index (χ3v) is 3.63. The lowest BCUT2D eigenvalue weighted by atomic mass is 10.3. The Kier molecular flexibility index (Phi) is 6.38. The van der Waals surface area contributed by atoms with Gasteiger partial charge in [0.25, 0.3) is 0 Å². The number of aliphatic hydroxyl groups is 1. The van der Waals surface area contributed by atoms with Gasteiger partial charge in [0.2, 0.25) is 0 Å². The first-order chi connectivity index (χ1) is 9.28. The third kappa shape index (κ3) is 6.83. The number of benzene rings is 1. The third-order valence-electron chi connectivity index (χ3n) is 2.52. The van der Waals surface area contributed by atoms with Crippen LogP contribution < -0.4 is 10.1 Å². The number of ether oxygens (including phenoxy) is 1. The summed E-state index contributed by atoms with van der Waals surface area (Å²) in [5, 5.41) is 12.6. The highest BCUT2D eigenvalue weighted by Gasteiger charge is 2.13. The molecule has 0 aliphatic heterocycles. The number of sulfone groups is 1. The van der Waals surface area contributed by atoms with Gasteiger partial charge in [-0.3, -0.25) is 0 Å². The van der Waals surface area contributed by atoms with E-state index in [1.807, 2.05) is 0 Å². The Balaban J connectivity index is 2.30. The molecule has 7 heteroatoms. The molecule has 2 unspecified atom stereocenters. The molecular formula is C13H20FNO4S. The van der Waals surface area contributed by atoms with Crippen molar-refractivity contribution in [3.8, 4) is 5.75 Å². The smallest absolute Gasteiger partial charge is 0.165 e. The van der Waals surface area contributed by atoms with Gasteiger partial charge in [-0.05, 0) is 19.1 Å². The van der Waals surface area contributed by atoms with Crippen LogP contribution in [0.2, 0.25) is 0 Å². The molecule has 0 radical (unpaired) electrons. The van der Waals surface area contributed by atoms with Crippen molar-refractivity contribution in [1.29, 1.82) is 0 Å². The number of halogens is 1. The van der Waals surface area contributed by atoms with Crippen LogP contribution >= 0.6 is 0 Å². The number of hydrogen-bond donors (Lipinski definition) is 2. The Hall–Kier alpha value is -1.18. The topological polar surface area (TPSA) is 75.6 Å². The van der Waals surface area contributed by atoms with Crippen LogP contribution in [0.3, 0.4) is 0 Å². The molecule has 2 N–H and O–H groups in total. The second kappa shape index (κ2) is 7.56. The molecule has 1 rings (SSSR count). The molecule has 1 aromatic rings. The van der Waals surface area contributed by atoms with Crippen molar-refractivity contribution in [1.82, 2.24) is 5.32 Å². The van der Waals surface area contributed by atoms with Crippen molar-refractivity contribution in [2.45, 2.75) is 19.1 Å². The van der Waals surface area contributed by atoms with Crippen molar-refractivity contribution >= 4 is 9.84 Å². The van der Waals surface area contributed by atoms with E-state index in [2.05, 4.69) is 5.32 Å². The first kappa shape index (κ1) is 16.9. The summed E-state index contributed by atoms with van der Waals surface area (Å²) >= 11 is 0. The van der Waals surface area contributed by atoms with Crippen molar-refractivity contribution in [3.05, 3.63) is 30.1 Å². The van der Waals surface area contributed by atoms with Crippen LogP contribution in [0.4, 0.5) is 4.39 Å². The van der Waals surface area contributed by atoms with Crippen LogP contribution in [-0.4, -0.2) is 50.8 Å². The van der Waals surface area contributed by atoms with E-state index in [-0.39, 0.29) is 30.7 Å². The number of rotatable bonds is 8. The van der Waals surface area contributed by atoms with Crippen LogP contribution in [0.5, 0.6) is 5.75 Å². The maximum Gasteiger partial charge on any atom is 0.165 e. The maximum atomic E-state index is 13.3. The molecule has 20 heavy (non-hydrogen) atoms. The van der Waals surface area contributed by atoms with E-state index in [0.717, 1.165) is 6.26 Å². The summed E-state index contributed by atoms with van der Waals surface area (Å²) in [6.07, 6.45) is 0.305. The zero-order valence-electron chi connectivity index (χ0n) is 11.5. The second-order valence-electron chi connectivity index (χ2n) is 4.80. The molecule has 114 valence electrons. The Morgan fingerprint density at radius 2 is 2.05 bits per heavy atom. The summed E-state index contributed by atoms with van der Waals surface area (Å²) in [5.41, 5.74) is 0. The lowest BCUT2D eigenvalue weighted by Crippen LogP contribution is -2.39. The lowest BCUT2D eigenvalue weighted by molar-refractivity contribution is 0.102. The van der Waals surface area contributed by atoms with Gasteiger partial charge in [0, 0.05) is 18.8 Å². The fourth-order valence-electron chi connectivity index (χ4n) is 1.66. The van der Waals surface area contributed by atoms with E-state index in [0.29, 0.717) is 0 Å². The minimum Gasteiger partial charge on any atom is -0.488 e. The fourth-order valence-corrected chi connectivity index (χ4v) is 2.68. The fraction of sp³-hybridized carbons (Fsp3) is 0.538. The number of hydrogen-bond acceptors (Lipinski definition) is 5. The summed E-state index contributed by atoms with van der Waals surface area (Å²) < 4.78 is 40.5. The monoisotopic (exact) mass is 305 g/mol. The van der Waals surface area contributed by atoms with Crippen LogP contribution in [0.1, 0.15) is 6.92 Å². The minimum atomic E-state index is -3.06. The van der Waals surface area contributed by atoms with Gasteiger partial charge in [0.15, 0.2) is 11.6 Å². The van der Waals surface area contributed by atoms with E-state index in [9.17, 15) is 17.9 Å². The van der Waals surface area contributed by atoms with Gasteiger partial charge in [0.1, 0.15) is 22.5 Å². The van der Waals surface area contributed by atoms with Gasteiger partial charge in [-0.15, -0.1) is 0 Å². The summed E-state index contributed by atoms with van der Waals surface area (Å²) in [6, 6.07) is 5.66. The first-order valence-electron chi connectivity index (χ1n) is 6.24. The number of nitrogens with one attached hydrogen (secondary N) is 1. The van der Waals surface area contributed by atoms with E-state index in [4.69, 9.17) is 4.74 Å². The Bertz CT molecular complexity index is 521. The van der Waals surface area contributed by atoms with E-state index in [1.54, 1.807) is 19.1 Å². The molecule has 5 nitrogen and oxygen atoms in total. The summed E-state index contributed by atoms with van der Waals surface area (Å²) in [5.74, 6) is -0.415. The predicted molar refractivity (Wildman–Crippen MR) is 75.1 cm³/mol. The molecule has 0 amide bonds. The average Bonchev–Trinajstić information content (AvgIpc) is 2.33. The molecule has 0 saturated heterocycles. The van der Waals surface area contributed by atoms with Gasteiger partial charge in [-0.25, -0.2) is 12.8 Å². The second-order valence-corrected chi connectivity index (χ2v) is 6.98. The largest absolute Gasteiger partial charge is 0.488 e. The van der Waals surface area contributed by atoms with Crippen LogP contribution in [0, 0.1) is 5.82 Å². The van der Waals surface area contributed by atoms with E-state index < -0.39 is 21.8 Å². The standard InChI is InChI=1S/C13H20FNO4S/c1-10(9-20(2,17)18)15-7-11(16)8-19-13-6-4-3-5-12(13)14/h3-6,10-11,15-16H,7-9H2,1-2H3. The van der Waals surface area contributed by atoms with Crippen LogP contribution in [0.25, 0.3) is 0 Å². The summed E-state index contributed by atoms with van der Waals surface area (Å²) in [7, 11) is -3.06. The molecule has 0 heterocycles. The average molecular weight is 305 g/mol. The van der Waals surface area contributed by atoms with Gasteiger partial charge in [0.05, 0.1) is 5.75 Å². The van der Waals surface area contributed by atoms with Gasteiger partial charge < -0.3 is 15.2 Å². The SMILES string of the molecule is CC(CS(C)(=O)=O)NCC(O)COc1ccccc1F. The Morgan fingerprint density at radius 3 is 2.65 bits per heavy atom. The highest BCUT2D eigenvalue weighted by atomic mass is 32.2. The highest BCUT2D eigenvalue weighted by molar-refractivity contribution is 7.90. The molecule has 0 saturated carbocycles. The lowest BCUT2D eigenvalue weighted by Gasteiger charge is -2.17. The Morgan fingerprint density at radius 1 is 1.40 bits per heavy atom.